The molecule has 4 rings (SSSR count). The Morgan fingerprint density at radius 3 is 2.51 bits per heavy atom. The van der Waals surface area contributed by atoms with Gasteiger partial charge < -0.3 is 15.2 Å². The van der Waals surface area contributed by atoms with E-state index in [0.717, 1.165) is 22.5 Å². The first-order valence-electron chi connectivity index (χ1n) is 10.2. The van der Waals surface area contributed by atoms with E-state index >= 15 is 0 Å². The number of aromatic carboxylic acids is 1. The molecule has 0 spiro atoms. The Kier molecular flexibility index (Phi) is 6.12. The van der Waals surface area contributed by atoms with Gasteiger partial charge in [-0.05, 0) is 43.7 Å². The van der Waals surface area contributed by atoms with Gasteiger partial charge in [-0.3, -0.25) is 4.98 Å². The summed E-state index contributed by atoms with van der Waals surface area (Å²) in [6, 6.07) is 7.59. The second kappa shape index (κ2) is 9.05. The highest BCUT2D eigenvalue weighted by Crippen LogP contribution is 2.32. The molecule has 0 saturated carbocycles. The van der Waals surface area contributed by atoms with Crippen molar-refractivity contribution in [2.24, 2.45) is 0 Å². The molecule has 0 bridgehead atoms. The summed E-state index contributed by atoms with van der Waals surface area (Å²) < 4.78 is 46.3. The lowest BCUT2D eigenvalue weighted by Gasteiger charge is -2.14. The molecule has 3 heterocycles. The fourth-order valence-electron chi connectivity index (χ4n) is 3.40. The number of ether oxygens (including phenoxy) is 1. The molecule has 0 atom stereocenters. The van der Waals surface area contributed by atoms with Crippen LogP contribution < -0.4 is 10.1 Å². The van der Waals surface area contributed by atoms with Crippen LogP contribution in [0.3, 0.4) is 0 Å². The van der Waals surface area contributed by atoms with E-state index in [0.29, 0.717) is 17.0 Å². The molecule has 9 nitrogen and oxygen atoms in total. The Morgan fingerprint density at radius 2 is 1.86 bits per heavy atom. The van der Waals surface area contributed by atoms with Gasteiger partial charge in [-0.1, -0.05) is 0 Å². The number of nitrogens with zero attached hydrogens (tertiary/aromatic N) is 5. The number of carboxylic acids is 1. The molecule has 0 aliphatic carbocycles. The zero-order chi connectivity index (χ0) is 25.3. The number of halogens is 3. The van der Waals surface area contributed by atoms with E-state index < -0.39 is 17.8 Å². The molecule has 12 heteroatoms. The zero-order valence-corrected chi connectivity index (χ0v) is 18.8. The maximum atomic E-state index is 13.3. The maximum Gasteiger partial charge on any atom is 0.435 e. The first kappa shape index (κ1) is 23.7. The van der Waals surface area contributed by atoms with Crippen molar-refractivity contribution in [2.75, 3.05) is 12.4 Å². The second-order valence-electron chi connectivity index (χ2n) is 7.64. The standard InChI is InChI=1S/C23H19F3N6O3/c1-12-4-16(8-17(5-12)35-3)29-22-28-11-18(14-7-15(21(33)34)10-27-9-14)20(30-22)32-13(2)6-19(31-32)23(24,25)26/h4-11H,1-3H3,(H,33,34)(H,28,29,30). The molecule has 0 unspecified atom stereocenters. The van der Waals surface area contributed by atoms with Crippen LogP contribution >= 0.6 is 0 Å². The minimum absolute atomic E-state index is 0.0134. The van der Waals surface area contributed by atoms with Crippen LogP contribution in [0, 0.1) is 13.8 Å². The fraction of sp³-hybridized carbons (Fsp3) is 0.174. The fourth-order valence-corrected chi connectivity index (χ4v) is 3.40. The second-order valence-corrected chi connectivity index (χ2v) is 7.64. The molecule has 180 valence electrons. The van der Waals surface area contributed by atoms with E-state index in [4.69, 9.17) is 4.74 Å². The number of hydrogen-bond acceptors (Lipinski definition) is 7. The lowest BCUT2D eigenvalue weighted by Crippen LogP contribution is -2.11. The summed E-state index contributed by atoms with van der Waals surface area (Å²) in [5.74, 6) is -0.511. The number of aromatic nitrogens is 5. The van der Waals surface area contributed by atoms with Crippen LogP contribution in [0.15, 0.2) is 48.9 Å². The Balaban J connectivity index is 1.87. The smallest absolute Gasteiger partial charge is 0.435 e. The van der Waals surface area contributed by atoms with Gasteiger partial charge in [-0.25, -0.2) is 14.5 Å². The number of benzene rings is 1. The average molecular weight is 484 g/mol. The van der Waals surface area contributed by atoms with Crippen LogP contribution in [0.25, 0.3) is 16.9 Å². The summed E-state index contributed by atoms with van der Waals surface area (Å²) >= 11 is 0. The summed E-state index contributed by atoms with van der Waals surface area (Å²) in [4.78, 5) is 24.0. The van der Waals surface area contributed by atoms with Crippen molar-refractivity contribution in [3.05, 3.63) is 71.4 Å². The Labute approximate surface area is 197 Å². The van der Waals surface area contributed by atoms with Crippen molar-refractivity contribution in [2.45, 2.75) is 20.0 Å². The van der Waals surface area contributed by atoms with Gasteiger partial charge in [-0.2, -0.15) is 23.3 Å². The SMILES string of the molecule is COc1cc(C)cc(Nc2ncc(-c3cncc(C(=O)O)c3)c(-n3nc(C(F)(F)F)cc3C)n2)c1. The molecule has 0 fully saturated rings. The van der Waals surface area contributed by atoms with E-state index in [1.54, 1.807) is 6.07 Å². The van der Waals surface area contributed by atoms with E-state index in [1.807, 2.05) is 19.1 Å². The highest BCUT2D eigenvalue weighted by atomic mass is 19.4. The quantitative estimate of drug-likeness (QED) is 0.401. The van der Waals surface area contributed by atoms with Gasteiger partial charge in [0.2, 0.25) is 5.95 Å². The number of carbonyl (C=O) groups is 1. The molecule has 35 heavy (non-hydrogen) atoms. The number of methoxy groups -OCH3 is 1. The first-order valence-corrected chi connectivity index (χ1v) is 10.2. The van der Waals surface area contributed by atoms with E-state index in [2.05, 4.69) is 25.4 Å². The third-order valence-electron chi connectivity index (χ3n) is 4.99. The van der Waals surface area contributed by atoms with E-state index in [-0.39, 0.29) is 28.6 Å². The lowest BCUT2D eigenvalue weighted by molar-refractivity contribution is -0.141. The van der Waals surface area contributed by atoms with Gasteiger partial charge in [0.05, 0.1) is 12.7 Å². The average Bonchev–Trinajstić information content (AvgIpc) is 3.20. The highest BCUT2D eigenvalue weighted by Gasteiger charge is 2.35. The molecule has 0 amide bonds. The predicted molar refractivity (Wildman–Crippen MR) is 120 cm³/mol. The molecule has 0 saturated heterocycles. The Hall–Kier alpha value is -4.48. The number of anilines is 2. The lowest BCUT2D eigenvalue weighted by atomic mass is 10.1. The van der Waals surface area contributed by atoms with Gasteiger partial charge in [0.1, 0.15) is 5.75 Å². The monoisotopic (exact) mass is 484 g/mol. The molecule has 3 aromatic heterocycles. The van der Waals surface area contributed by atoms with Gasteiger partial charge in [0.15, 0.2) is 11.5 Å². The van der Waals surface area contributed by atoms with Gasteiger partial charge in [0.25, 0.3) is 0 Å². The summed E-state index contributed by atoms with van der Waals surface area (Å²) in [5, 5.41) is 16.0. The van der Waals surface area contributed by atoms with Crippen LogP contribution in [-0.2, 0) is 6.18 Å². The number of hydrogen-bond donors (Lipinski definition) is 2. The van der Waals surface area contributed by atoms with Gasteiger partial charge >= 0.3 is 12.1 Å². The Bertz CT molecular complexity index is 1420. The Morgan fingerprint density at radius 1 is 1.09 bits per heavy atom. The van der Waals surface area contributed by atoms with Crippen LogP contribution in [0.4, 0.5) is 24.8 Å². The molecule has 1 aromatic carbocycles. The van der Waals surface area contributed by atoms with Crippen LogP contribution in [0.1, 0.15) is 27.3 Å². The first-order chi connectivity index (χ1) is 16.5. The van der Waals surface area contributed by atoms with Gasteiger partial charge in [-0.15, -0.1) is 0 Å². The molecular weight excluding hydrogens is 465 g/mol. The largest absolute Gasteiger partial charge is 0.497 e. The number of aryl methyl sites for hydroxylation is 2. The van der Waals surface area contributed by atoms with Crippen molar-refractivity contribution in [1.82, 2.24) is 24.7 Å². The summed E-state index contributed by atoms with van der Waals surface area (Å²) in [6.45, 7) is 3.33. The van der Waals surface area contributed by atoms with Crippen LogP contribution in [0.5, 0.6) is 5.75 Å². The van der Waals surface area contributed by atoms with Crippen molar-refractivity contribution < 1.29 is 27.8 Å². The number of alkyl halides is 3. The molecule has 2 N–H and O–H groups in total. The number of nitrogens with one attached hydrogen (secondary N) is 1. The number of carboxylic acid groups (broad SMARTS) is 1. The number of pyridine rings is 1. The summed E-state index contributed by atoms with van der Waals surface area (Å²) in [6.07, 6.45) is -0.757. The highest BCUT2D eigenvalue weighted by molar-refractivity contribution is 5.89. The van der Waals surface area contributed by atoms with Crippen molar-refractivity contribution in [3.63, 3.8) is 0 Å². The number of rotatable bonds is 6. The molecular formula is C23H19F3N6O3. The van der Waals surface area contributed by atoms with Gasteiger partial charge in [0, 0.05) is 47.2 Å². The summed E-state index contributed by atoms with van der Waals surface area (Å²) in [5.41, 5.74) is 1.02. The molecule has 0 aliphatic heterocycles. The predicted octanol–water partition coefficient (Wildman–Crippen LogP) is 4.81. The van der Waals surface area contributed by atoms with Crippen LogP contribution in [0.2, 0.25) is 0 Å². The maximum absolute atomic E-state index is 13.3. The minimum Gasteiger partial charge on any atom is -0.497 e. The van der Waals surface area contributed by atoms with Crippen molar-refractivity contribution >= 4 is 17.6 Å². The summed E-state index contributed by atoms with van der Waals surface area (Å²) in [7, 11) is 1.53. The molecule has 4 aromatic rings. The normalized spacial score (nSPS) is 11.4. The van der Waals surface area contributed by atoms with Crippen molar-refractivity contribution in [1.29, 1.82) is 0 Å². The third-order valence-corrected chi connectivity index (χ3v) is 4.99. The van der Waals surface area contributed by atoms with Crippen molar-refractivity contribution in [3.8, 4) is 22.7 Å². The minimum atomic E-state index is -4.66. The van der Waals surface area contributed by atoms with E-state index in [1.165, 1.54) is 32.5 Å². The molecule has 0 aliphatic rings. The zero-order valence-electron chi connectivity index (χ0n) is 18.8. The topological polar surface area (TPSA) is 115 Å². The third kappa shape index (κ3) is 5.05. The molecule has 0 radical (unpaired) electrons. The van der Waals surface area contributed by atoms with E-state index in [9.17, 15) is 23.1 Å². The van der Waals surface area contributed by atoms with Crippen LogP contribution in [-0.4, -0.2) is 42.9 Å².